The number of hydrogen-bond acceptors (Lipinski definition) is 5. The van der Waals surface area contributed by atoms with Gasteiger partial charge in [0, 0.05) is 54.2 Å². The van der Waals surface area contributed by atoms with E-state index in [0.29, 0.717) is 0 Å². The van der Waals surface area contributed by atoms with E-state index >= 15 is 0 Å². The lowest BCUT2D eigenvalue weighted by Crippen LogP contribution is -2.21. The van der Waals surface area contributed by atoms with E-state index in [2.05, 4.69) is 37.8 Å². The molecule has 0 atom stereocenters. The van der Waals surface area contributed by atoms with Crippen LogP contribution in [0.1, 0.15) is 11.3 Å². The maximum Gasteiger partial charge on any atom is 0.128 e. The highest BCUT2D eigenvalue weighted by atomic mass is 79.9. The summed E-state index contributed by atoms with van der Waals surface area (Å²) in [6, 6.07) is 3.85. The highest BCUT2D eigenvalue weighted by Crippen LogP contribution is 2.33. The largest absolute Gasteiger partial charge is 0.497 e. The fraction of sp³-hybridized carbons (Fsp3) is 0.375. The molecule has 0 radical (unpaired) electrons. The summed E-state index contributed by atoms with van der Waals surface area (Å²) in [4.78, 5) is 10.6. The normalized spacial score (nSPS) is 10.8. The first kappa shape index (κ1) is 16.7. The molecule has 6 heteroatoms. The first-order valence-electron chi connectivity index (χ1n) is 6.98. The van der Waals surface area contributed by atoms with E-state index in [1.54, 1.807) is 32.8 Å². The zero-order chi connectivity index (χ0) is 15.9. The first-order chi connectivity index (χ1) is 10.6. The third-order valence-corrected chi connectivity index (χ3v) is 4.09. The molecule has 0 unspecified atom stereocenters. The molecule has 0 aliphatic heterocycles. The quantitative estimate of drug-likeness (QED) is 0.754. The Morgan fingerprint density at radius 3 is 2.64 bits per heavy atom. The predicted octanol–water partition coefficient (Wildman–Crippen LogP) is 2.93. The van der Waals surface area contributed by atoms with E-state index in [4.69, 9.17) is 9.47 Å². The smallest absolute Gasteiger partial charge is 0.128 e. The Balaban J connectivity index is 2.03. The number of hydrogen-bond donors (Lipinski definition) is 0. The number of rotatable bonds is 7. The molecular weight excluding hydrogens is 346 g/mol. The van der Waals surface area contributed by atoms with Gasteiger partial charge in [-0.05, 0) is 13.1 Å². The standard InChI is InChI=1S/C16H20BrN3O2/c1-20(7-4-12-10-18-5-6-19-12)11-14-15(17)8-13(21-2)9-16(14)22-3/h5-6,8-10H,4,7,11H2,1-3H3. The summed E-state index contributed by atoms with van der Waals surface area (Å²) < 4.78 is 11.7. The van der Waals surface area contributed by atoms with Crippen molar-refractivity contribution in [3.63, 3.8) is 0 Å². The minimum Gasteiger partial charge on any atom is -0.497 e. The van der Waals surface area contributed by atoms with Crippen LogP contribution in [0.3, 0.4) is 0 Å². The third-order valence-electron chi connectivity index (χ3n) is 3.38. The van der Waals surface area contributed by atoms with Gasteiger partial charge in [0.2, 0.25) is 0 Å². The molecule has 5 nitrogen and oxygen atoms in total. The van der Waals surface area contributed by atoms with Gasteiger partial charge in [0.25, 0.3) is 0 Å². The second-order valence-corrected chi connectivity index (χ2v) is 5.83. The van der Waals surface area contributed by atoms with E-state index < -0.39 is 0 Å². The van der Waals surface area contributed by atoms with Crippen LogP contribution in [0.5, 0.6) is 11.5 Å². The van der Waals surface area contributed by atoms with E-state index in [1.165, 1.54) is 0 Å². The number of ether oxygens (including phenoxy) is 2. The number of likely N-dealkylation sites (N-methyl/N-ethyl adjacent to an activating group) is 1. The molecule has 0 N–H and O–H groups in total. The van der Waals surface area contributed by atoms with Gasteiger partial charge in [-0.3, -0.25) is 9.97 Å². The minimum absolute atomic E-state index is 0.772. The van der Waals surface area contributed by atoms with Gasteiger partial charge in [0.05, 0.1) is 19.9 Å². The van der Waals surface area contributed by atoms with Crippen LogP contribution in [0.4, 0.5) is 0 Å². The second kappa shape index (κ2) is 8.10. The number of aromatic nitrogens is 2. The van der Waals surface area contributed by atoms with Crippen molar-refractivity contribution in [2.45, 2.75) is 13.0 Å². The van der Waals surface area contributed by atoms with E-state index in [9.17, 15) is 0 Å². The SMILES string of the molecule is COc1cc(Br)c(CN(C)CCc2cnccn2)c(OC)c1. The zero-order valence-electron chi connectivity index (χ0n) is 13.0. The molecule has 0 saturated heterocycles. The minimum atomic E-state index is 0.772. The maximum absolute atomic E-state index is 5.47. The fourth-order valence-corrected chi connectivity index (χ4v) is 2.70. The van der Waals surface area contributed by atoms with Crippen LogP contribution in [0.2, 0.25) is 0 Å². The Bertz CT molecular complexity index is 608. The predicted molar refractivity (Wildman–Crippen MR) is 89.3 cm³/mol. The molecule has 1 aromatic heterocycles. The number of methoxy groups -OCH3 is 2. The number of halogens is 1. The Morgan fingerprint density at radius 1 is 1.18 bits per heavy atom. The van der Waals surface area contributed by atoms with Gasteiger partial charge in [-0.15, -0.1) is 0 Å². The lowest BCUT2D eigenvalue weighted by Gasteiger charge is -2.20. The van der Waals surface area contributed by atoms with Gasteiger partial charge in [0.15, 0.2) is 0 Å². The summed E-state index contributed by atoms with van der Waals surface area (Å²) in [5, 5.41) is 0. The molecule has 0 amide bonds. The zero-order valence-corrected chi connectivity index (χ0v) is 14.6. The Hall–Kier alpha value is -1.66. The van der Waals surface area contributed by atoms with Gasteiger partial charge in [-0.1, -0.05) is 15.9 Å². The molecule has 0 bridgehead atoms. The number of benzene rings is 1. The van der Waals surface area contributed by atoms with Gasteiger partial charge in [-0.25, -0.2) is 0 Å². The molecule has 1 heterocycles. The van der Waals surface area contributed by atoms with E-state index in [0.717, 1.165) is 46.7 Å². The van der Waals surface area contributed by atoms with Crippen molar-refractivity contribution in [3.05, 3.63) is 46.5 Å². The molecule has 0 aliphatic carbocycles. The monoisotopic (exact) mass is 365 g/mol. The molecular formula is C16H20BrN3O2. The van der Waals surface area contributed by atoms with Crippen molar-refractivity contribution in [2.24, 2.45) is 0 Å². The number of nitrogens with zero attached hydrogens (tertiary/aromatic N) is 3. The summed E-state index contributed by atoms with van der Waals surface area (Å²) >= 11 is 3.60. The second-order valence-electron chi connectivity index (χ2n) is 4.97. The van der Waals surface area contributed by atoms with Gasteiger partial charge >= 0.3 is 0 Å². The summed E-state index contributed by atoms with van der Waals surface area (Å²) in [6.45, 7) is 1.66. The molecule has 0 spiro atoms. The average molecular weight is 366 g/mol. The fourth-order valence-electron chi connectivity index (χ4n) is 2.15. The van der Waals surface area contributed by atoms with Crippen LogP contribution < -0.4 is 9.47 Å². The van der Waals surface area contributed by atoms with Crippen molar-refractivity contribution in [1.82, 2.24) is 14.9 Å². The van der Waals surface area contributed by atoms with Crippen LogP contribution in [-0.2, 0) is 13.0 Å². The van der Waals surface area contributed by atoms with Crippen molar-refractivity contribution in [2.75, 3.05) is 27.8 Å². The molecule has 2 rings (SSSR count). The average Bonchev–Trinajstić information content (AvgIpc) is 2.55. The van der Waals surface area contributed by atoms with Crippen LogP contribution in [0, 0.1) is 0 Å². The van der Waals surface area contributed by atoms with E-state index in [-0.39, 0.29) is 0 Å². The van der Waals surface area contributed by atoms with Crippen molar-refractivity contribution >= 4 is 15.9 Å². The van der Waals surface area contributed by atoms with Crippen LogP contribution in [0.15, 0.2) is 35.2 Å². The topological polar surface area (TPSA) is 47.5 Å². The summed E-state index contributed by atoms with van der Waals surface area (Å²) in [5.41, 5.74) is 2.10. The Kier molecular flexibility index (Phi) is 6.15. The summed E-state index contributed by atoms with van der Waals surface area (Å²) in [7, 11) is 5.39. The van der Waals surface area contributed by atoms with Crippen molar-refractivity contribution < 1.29 is 9.47 Å². The maximum atomic E-state index is 5.47. The summed E-state index contributed by atoms with van der Waals surface area (Å²) in [5.74, 6) is 1.59. The van der Waals surface area contributed by atoms with Gasteiger partial charge in [-0.2, -0.15) is 0 Å². The molecule has 22 heavy (non-hydrogen) atoms. The van der Waals surface area contributed by atoms with Crippen LogP contribution >= 0.6 is 15.9 Å². The molecule has 0 fully saturated rings. The van der Waals surface area contributed by atoms with E-state index in [1.807, 2.05) is 12.1 Å². The Labute approximate surface area is 139 Å². The van der Waals surface area contributed by atoms with Crippen LogP contribution in [0.25, 0.3) is 0 Å². The first-order valence-corrected chi connectivity index (χ1v) is 7.77. The van der Waals surface area contributed by atoms with Crippen molar-refractivity contribution in [3.8, 4) is 11.5 Å². The third kappa shape index (κ3) is 4.42. The highest BCUT2D eigenvalue weighted by molar-refractivity contribution is 9.10. The van der Waals surface area contributed by atoms with Gasteiger partial charge in [0.1, 0.15) is 11.5 Å². The molecule has 118 valence electrons. The molecule has 0 aliphatic rings. The van der Waals surface area contributed by atoms with Gasteiger partial charge < -0.3 is 14.4 Å². The lowest BCUT2D eigenvalue weighted by molar-refractivity contribution is 0.318. The molecule has 1 aromatic carbocycles. The summed E-state index contributed by atoms with van der Waals surface area (Å²) in [6.07, 6.45) is 6.07. The molecule has 2 aromatic rings. The van der Waals surface area contributed by atoms with Crippen LogP contribution in [-0.4, -0.2) is 42.7 Å². The van der Waals surface area contributed by atoms with Crippen molar-refractivity contribution in [1.29, 1.82) is 0 Å². The Morgan fingerprint density at radius 2 is 2.00 bits per heavy atom. The highest BCUT2D eigenvalue weighted by Gasteiger charge is 2.13. The lowest BCUT2D eigenvalue weighted by atomic mass is 10.1. The molecule has 0 saturated carbocycles.